The monoisotopic (exact) mass is 260 g/mol. The maximum Gasteiger partial charge on any atom is 0.238 e. The van der Waals surface area contributed by atoms with Gasteiger partial charge in [0.15, 0.2) is 0 Å². The molecule has 1 N–H and O–H groups in total. The number of rotatable bonds is 3. The second kappa shape index (κ2) is 5.33. The van der Waals surface area contributed by atoms with E-state index in [2.05, 4.69) is 57.3 Å². The Morgan fingerprint density at radius 1 is 1.26 bits per heavy atom. The molecule has 1 aliphatic rings. The fourth-order valence-corrected chi connectivity index (χ4v) is 2.46. The number of nitrogens with zero attached hydrogens (tertiary/aromatic N) is 1. The van der Waals surface area contributed by atoms with Gasteiger partial charge in [0, 0.05) is 6.54 Å². The fourth-order valence-electron chi connectivity index (χ4n) is 2.46. The molecule has 1 aromatic rings. The standard InChI is InChI=1S/C16H24N2O/c1-5-12-6-8-13(9-7-12)15-17-10-14(19)18(15)11-16(2,3)4/h6-9,15,17H,5,10-11H2,1-4H3. The van der Waals surface area contributed by atoms with Gasteiger partial charge in [-0.1, -0.05) is 52.0 Å². The van der Waals surface area contributed by atoms with Gasteiger partial charge in [-0.2, -0.15) is 0 Å². The van der Waals surface area contributed by atoms with Crippen molar-refractivity contribution in [3.63, 3.8) is 0 Å². The molecule has 1 aromatic carbocycles. The molecule has 1 heterocycles. The molecule has 3 nitrogen and oxygen atoms in total. The van der Waals surface area contributed by atoms with Crippen LogP contribution in [0.15, 0.2) is 24.3 Å². The van der Waals surface area contributed by atoms with Gasteiger partial charge in [0.05, 0.1) is 6.54 Å². The number of hydrogen-bond donors (Lipinski definition) is 1. The highest BCUT2D eigenvalue weighted by molar-refractivity contribution is 5.81. The summed E-state index contributed by atoms with van der Waals surface area (Å²) in [4.78, 5) is 14.0. The number of benzene rings is 1. The highest BCUT2D eigenvalue weighted by Crippen LogP contribution is 2.27. The summed E-state index contributed by atoms with van der Waals surface area (Å²) in [5, 5.41) is 3.31. The van der Waals surface area contributed by atoms with Crippen LogP contribution in [0.5, 0.6) is 0 Å². The molecule has 1 saturated heterocycles. The third kappa shape index (κ3) is 3.35. The number of amides is 1. The molecule has 0 aliphatic carbocycles. The molecular weight excluding hydrogens is 236 g/mol. The average Bonchev–Trinajstić information content (AvgIpc) is 2.69. The molecule has 1 amide bonds. The third-order valence-corrected chi connectivity index (χ3v) is 3.43. The smallest absolute Gasteiger partial charge is 0.238 e. The van der Waals surface area contributed by atoms with Crippen LogP contribution in [0, 0.1) is 5.41 Å². The molecule has 0 aromatic heterocycles. The number of carbonyl (C=O) groups is 1. The SMILES string of the molecule is CCc1ccc(C2NCC(=O)N2CC(C)(C)C)cc1. The van der Waals surface area contributed by atoms with Gasteiger partial charge in [-0.15, -0.1) is 0 Å². The van der Waals surface area contributed by atoms with Crippen LogP contribution in [0.1, 0.15) is 45.0 Å². The zero-order chi connectivity index (χ0) is 14.0. The van der Waals surface area contributed by atoms with Gasteiger partial charge < -0.3 is 4.90 Å². The summed E-state index contributed by atoms with van der Waals surface area (Å²) in [6.45, 7) is 9.86. The highest BCUT2D eigenvalue weighted by atomic mass is 16.2. The zero-order valence-corrected chi connectivity index (χ0v) is 12.4. The van der Waals surface area contributed by atoms with Crippen LogP contribution < -0.4 is 5.32 Å². The second-order valence-electron chi connectivity index (χ2n) is 6.46. The summed E-state index contributed by atoms with van der Waals surface area (Å²) in [7, 11) is 0. The Hall–Kier alpha value is -1.35. The summed E-state index contributed by atoms with van der Waals surface area (Å²) >= 11 is 0. The minimum atomic E-state index is 0.0256. The molecule has 0 saturated carbocycles. The van der Waals surface area contributed by atoms with Crippen LogP contribution in [0.2, 0.25) is 0 Å². The normalized spacial score (nSPS) is 20.1. The van der Waals surface area contributed by atoms with Gasteiger partial charge in [-0.05, 0) is 23.0 Å². The van der Waals surface area contributed by atoms with E-state index >= 15 is 0 Å². The van der Waals surface area contributed by atoms with Crippen molar-refractivity contribution < 1.29 is 4.79 Å². The molecule has 1 unspecified atom stereocenters. The molecule has 0 spiro atoms. The number of aryl methyl sites for hydroxylation is 1. The fraction of sp³-hybridized carbons (Fsp3) is 0.562. The molecule has 104 valence electrons. The van der Waals surface area contributed by atoms with Crippen molar-refractivity contribution in [2.45, 2.75) is 40.3 Å². The van der Waals surface area contributed by atoms with Crippen molar-refractivity contribution in [3.8, 4) is 0 Å². The zero-order valence-electron chi connectivity index (χ0n) is 12.4. The predicted octanol–water partition coefficient (Wildman–Crippen LogP) is 2.73. The van der Waals surface area contributed by atoms with Crippen molar-refractivity contribution in [3.05, 3.63) is 35.4 Å². The van der Waals surface area contributed by atoms with Gasteiger partial charge in [-0.3, -0.25) is 10.1 Å². The maximum atomic E-state index is 12.0. The molecule has 2 rings (SSSR count). The molecule has 1 fully saturated rings. The Labute approximate surface area is 116 Å². The molecule has 1 aliphatic heterocycles. The van der Waals surface area contributed by atoms with Gasteiger partial charge in [0.1, 0.15) is 6.17 Å². The molecule has 3 heteroatoms. The van der Waals surface area contributed by atoms with Gasteiger partial charge in [0.2, 0.25) is 5.91 Å². The Balaban J connectivity index is 2.19. The van der Waals surface area contributed by atoms with E-state index in [-0.39, 0.29) is 17.5 Å². The summed E-state index contributed by atoms with van der Waals surface area (Å²) < 4.78 is 0. The quantitative estimate of drug-likeness (QED) is 0.906. The molecule has 0 radical (unpaired) electrons. The Kier molecular flexibility index (Phi) is 3.95. The van der Waals surface area contributed by atoms with E-state index < -0.39 is 0 Å². The van der Waals surface area contributed by atoms with Crippen molar-refractivity contribution >= 4 is 5.91 Å². The van der Waals surface area contributed by atoms with Crippen molar-refractivity contribution in [2.24, 2.45) is 5.41 Å². The van der Waals surface area contributed by atoms with Gasteiger partial charge >= 0.3 is 0 Å². The number of nitrogens with one attached hydrogen (secondary N) is 1. The molecule has 0 bridgehead atoms. The lowest BCUT2D eigenvalue weighted by Crippen LogP contribution is -2.37. The lowest BCUT2D eigenvalue weighted by atomic mass is 9.95. The van der Waals surface area contributed by atoms with Crippen LogP contribution in [0.25, 0.3) is 0 Å². The van der Waals surface area contributed by atoms with E-state index in [4.69, 9.17) is 0 Å². The molecule has 19 heavy (non-hydrogen) atoms. The Morgan fingerprint density at radius 2 is 1.89 bits per heavy atom. The molecule has 1 atom stereocenters. The van der Waals surface area contributed by atoms with Crippen molar-refractivity contribution in [1.29, 1.82) is 0 Å². The van der Waals surface area contributed by atoms with Crippen LogP contribution >= 0.6 is 0 Å². The minimum Gasteiger partial charge on any atom is -0.321 e. The average molecular weight is 260 g/mol. The largest absolute Gasteiger partial charge is 0.321 e. The lowest BCUT2D eigenvalue weighted by Gasteiger charge is -2.31. The second-order valence-corrected chi connectivity index (χ2v) is 6.46. The van der Waals surface area contributed by atoms with E-state index in [0.29, 0.717) is 6.54 Å². The van der Waals surface area contributed by atoms with E-state index in [9.17, 15) is 4.79 Å². The topological polar surface area (TPSA) is 32.3 Å². The first kappa shape index (κ1) is 14.1. The third-order valence-electron chi connectivity index (χ3n) is 3.43. The Morgan fingerprint density at radius 3 is 2.42 bits per heavy atom. The minimum absolute atomic E-state index is 0.0256. The van der Waals surface area contributed by atoms with Gasteiger partial charge in [0.25, 0.3) is 0 Å². The first-order chi connectivity index (χ1) is 8.90. The lowest BCUT2D eigenvalue weighted by molar-refractivity contribution is -0.129. The number of hydrogen-bond acceptors (Lipinski definition) is 2. The van der Waals surface area contributed by atoms with Crippen LogP contribution in [-0.4, -0.2) is 23.9 Å². The van der Waals surface area contributed by atoms with E-state index in [1.54, 1.807) is 0 Å². The predicted molar refractivity (Wildman–Crippen MR) is 77.7 cm³/mol. The first-order valence-corrected chi connectivity index (χ1v) is 7.02. The summed E-state index contributed by atoms with van der Waals surface area (Å²) in [5.74, 6) is 0.194. The van der Waals surface area contributed by atoms with Crippen LogP contribution in [0.4, 0.5) is 0 Å². The Bertz CT molecular complexity index is 445. The van der Waals surface area contributed by atoms with Crippen molar-refractivity contribution in [1.82, 2.24) is 10.2 Å². The van der Waals surface area contributed by atoms with Crippen molar-refractivity contribution in [2.75, 3.05) is 13.1 Å². The summed E-state index contributed by atoms with van der Waals surface area (Å²) in [5.41, 5.74) is 2.62. The number of carbonyl (C=O) groups excluding carboxylic acids is 1. The van der Waals surface area contributed by atoms with E-state index in [0.717, 1.165) is 13.0 Å². The van der Waals surface area contributed by atoms with Gasteiger partial charge in [-0.25, -0.2) is 0 Å². The van der Waals surface area contributed by atoms with E-state index in [1.165, 1.54) is 11.1 Å². The van der Waals surface area contributed by atoms with Crippen LogP contribution in [0.3, 0.4) is 0 Å². The van der Waals surface area contributed by atoms with E-state index in [1.807, 2.05) is 4.90 Å². The summed E-state index contributed by atoms with van der Waals surface area (Å²) in [6.07, 6.45) is 1.07. The summed E-state index contributed by atoms with van der Waals surface area (Å²) in [6, 6.07) is 8.56. The van der Waals surface area contributed by atoms with Crippen LogP contribution in [-0.2, 0) is 11.2 Å². The highest BCUT2D eigenvalue weighted by Gasteiger charge is 2.33. The maximum absolute atomic E-state index is 12.0. The molecular formula is C16H24N2O. The first-order valence-electron chi connectivity index (χ1n) is 7.02.